The molecule has 0 amide bonds. The molecule has 3 nitrogen and oxygen atoms in total. The number of phenols is 1. The second kappa shape index (κ2) is 7.87. The summed E-state index contributed by atoms with van der Waals surface area (Å²) >= 11 is 0. The van der Waals surface area contributed by atoms with Crippen LogP contribution in [-0.2, 0) is 4.74 Å². The lowest BCUT2D eigenvalue weighted by atomic mass is 9.92. The molecule has 0 saturated heterocycles. The second-order valence-corrected chi connectivity index (χ2v) is 7.53. The normalized spacial score (nSPS) is 14.9. The fourth-order valence-electron chi connectivity index (χ4n) is 2.24. The van der Waals surface area contributed by atoms with Crippen LogP contribution in [0, 0.1) is 5.41 Å². The number of ether oxygens (including phenoxy) is 2. The van der Waals surface area contributed by atoms with E-state index in [1.54, 1.807) is 6.07 Å². The summed E-state index contributed by atoms with van der Waals surface area (Å²) in [6.45, 7) is 14.7. The van der Waals surface area contributed by atoms with Gasteiger partial charge in [-0.2, -0.15) is 0 Å². The molecule has 1 rings (SSSR count). The summed E-state index contributed by atoms with van der Waals surface area (Å²) in [4.78, 5) is 0. The number of hydrogen-bond acceptors (Lipinski definition) is 3. The largest absolute Gasteiger partial charge is 0.504 e. The van der Waals surface area contributed by atoms with Crippen LogP contribution in [0.3, 0.4) is 0 Å². The molecule has 2 unspecified atom stereocenters. The molecule has 0 saturated carbocycles. The van der Waals surface area contributed by atoms with Crippen LogP contribution in [0.25, 0.3) is 0 Å². The van der Waals surface area contributed by atoms with Gasteiger partial charge >= 0.3 is 0 Å². The first kappa shape index (κ1) is 18.8. The molecule has 0 aliphatic rings. The Morgan fingerprint density at radius 3 is 2.23 bits per heavy atom. The predicted octanol–water partition coefficient (Wildman–Crippen LogP) is 5.47. The first-order valence-electron chi connectivity index (χ1n) is 8.27. The number of aromatic hydroxyl groups is 1. The van der Waals surface area contributed by atoms with E-state index >= 15 is 0 Å². The first-order chi connectivity index (χ1) is 10.1. The third-order valence-electron chi connectivity index (χ3n) is 3.63. The van der Waals surface area contributed by atoms with Crippen molar-refractivity contribution >= 4 is 0 Å². The molecule has 0 spiro atoms. The van der Waals surface area contributed by atoms with Crippen LogP contribution in [0.15, 0.2) is 18.2 Å². The molecule has 2 atom stereocenters. The van der Waals surface area contributed by atoms with Crippen molar-refractivity contribution in [3.05, 3.63) is 23.8 Å². The summed E-state index contributed by atoms with van der Waals surface area (Å²) in [5, 5.41) is 10.2. The van der Waals surface area contributed by atoms with Crippen LogP contribution in [0.1, 0.15) is 72.8 Å². The molecule has 0 aromatic heterocycles. The van der Waals surface area contributed by atoms with E-state index < -0.39 is 0 Å². The van der Waals surface area contributed by atoms with Gasteiger partial charge in [0, 0.05) is 6.42 Å². The van der Waals surface area contributed by atoms with Crippen molar-refractivity contribution in [1.29, 1.82) is 0 Å². The van der Waals surface area contributed by atoms with Gasteiger partial charge < -0.3 is 14.6 Å². The molecule has 22 heavy (non-hydrogen) atoms. The molecule has 3 heteroatoms. The van der Waals surface area contributed by atoms with Gasteiger partial charge in [-0.1, -0.05) is 40.7 Å². The van der Waals surface area contributed by atoms with Crippen LogP contribution in [0.4, 0.5) is 0 Å². The van der Waals surface area contributed by atoms with E-state index in [1.165, 1.54) is 0 Å². The SMILES string of the molecule is CCC(C)c1ccc(OC(CC(C)(C)C)OC(C)C)c(O)c1. The molecule has 0 radical (unpaired) electrons. The van der Waals surface area contributed by atoms with Crippen molar-refractivity contribution in [3.8, 4) is 11.5 Å². The molecule has 0 fully saturated rings. The van der Waals surface area contributed by atoms with Gasteiger partial charge in [-0.3, -0.25) is 0 Å². The van der Waals surface area contributed by atoms with Crippen LogP contribution in [0.2, 0.25) is 0 Å². The Balaban J connectivity index is 2.88. The number of rotatable bonds is 7. The van der Waals surface area contributed by atoms with Crippen LogP contribution >= 0.6 is 0 Å². The topological polar surface area (TPSA) is 38.7 Å². The lowest BCUT2D eigenvalue weighted by Crippen LogP contribution is -2.29. The van der Waals surface area contributed by atoms with Crippen LogP contribution < -0.4 is 4.74 Å². The zero-order chi connectivity index (χ0) is 16.9. The smallest absolute Gasteiger partial charge is 0.200 e. The van der Waals surface area contributed by atoms with Gasteiger partial charge in [0.05, 0.1) is 6.10 Å². The maximum Gasteiger partial charge on any atom is 0.200 e. The summed E-state index contributed by atoms with van der Waals surface area (Å²) < 4.78 is 11.8. The zero-order valence-corrected chi connectivity index (χ0v) is 15.1. The van der Waals surface area contributed by atoms with Gasteiger partial charge in [0.15, 0.2) is 11.5 Å². The quantitative estimate of drug-likeness (QED) is 0.679. The number of benzene rings is 1. The second-order valence-electron chi connectivity index (χ2n) is 7.53. The lowest BCUT2D eigenvalue weighted by Gasteiger charge is -2.28. The fraction of sp³-hybridized carbons (Fsp3) is 0.684. The van der Waals surface area contributed by atoms with Gasteiger partial charge in [0.2, 0.25) is 6.29 Å². The maximum atomic E-state index is 10.2. The minimum Gasteiger partial charge on any atom is -0.504 e. The molecule has 126 valence electrons. The van der Waals surface area contributed by atoms with Gasteiger partial charge in [-0.25, -0.2) is 0 Å². The Hall–Kier alpha value is -1.22. The Bertz CT molecular complexity index is 460. The summed E-state index contributed by atoms with van der Waals surface area (Å²) in [6, 6.07) is 5.66. The van der Waals surface area contributed by atoms with Crippen molar-refractivity contribution < 1.29 is 14.6 Å². The average molecular weight is 308 g/mol. The monoisotopic (exact) mass is 308 g/mol. The van der Waals surface area contributed by atoms with Gasteiger partial charge in [0.25, 0.3) is 0 Å². The fourth-order valence-corrected chi connectivity index (χ4v) is 2.24. The Labute approximate surface area is 135 Å². The highest BCUT2D eigenvalue weighted by Gasteiger charge is 2.23. The summed E-state index contributed by atoms with van der Waals surface area (Å²) in [5.41, 5.74) is 1.22. The highest BCUT2D eigenvalue weighted by Crippen LogP contribution is 2.33. The number of phenolic OH excluding ortho intramolecular Hbond substituents is 1. The highest BCUT2D eigenvalue weighted by atomic mass is 16.7. The van der Waals surface area contributed by atoms with E-state index in [9.17, 15) is 5.11 Å². The molecule has 0 aliphatic carbocycles. The summed E-state index contributed by atoms with van der Waals surface area (Å²) in [6.07, 6.45) is 1.52. The lowest BCUT2D eigenvalue weighted by molar-refractivity contribution is -0.125. The predicted molar refractivity (Wildman–Crippen MR) is 91.5 cm³/mol. The molecule has 0 heterocycles. The minimum absolute atomic E-state index is 0.0777. The molecule has 1 aromatic rings. The molecule has 1 aromatic carbocycles. The molecular weight excluding hydrogens is 276 g/mol. The zero-order valence-electron chi connectivity index (χ0n) is 15.1. The van der Waals surface area contributed by atoms with Gasteiger partial charge in [-0.05, 0) is 49.3 Å². The van der Waals surface area contributed by atoms with E-state index in [2.05, 4.69) is 34.6 Å². The molecule has 1 N–H and O–H groups in total. The highest BCUT2D eigenvalue weighted by molar-refractivity contribution is 5.42. The maximum absolute atomic E-state index is 10.2. The summed E-state index contributed by atoms with van der Waals surface area (Å²) in [7, 11) is 0. The van der Waals surface area contributed by atoms with Crippen molar-refractivity contribution in [3.63, 3.8) is 0 Å². The van der Waals surface area contributed by atoms with E-state index in [-0.39, 0.29) is 23.6 Å². The average Bonchev–Trinajstić information content (AvgIpc) is 2.37. The van der Waals surface area contributed by atoms with Crippen molar-refractivity contribution in [2.45, 2.75) is 79.6 Å². The third-order valence-corrected chi connectivity index (χ3v) is 3.63. The minimum atomic E-state index is -0.361. The van der Waals surface area contributed by atoms with Crippen molar-refractivity contribution in [2.24, 2.45) is 5.41 Å². The molecule has 0 aliphatic heterocycles. The van der Waals surface area contributed by atoms with Crippen LogP contribution in [-0.4, -0.2) is 17.5 Å². The molecule has 0 bridgehead atoms. The van der Waals surface area contributed by atoms with Gasteiger partial charge in [-0.15, -0.1) is 0 Å². The van der Waals surface area contributed by atoms with E-state index in [0.717, 1.165) is 18.4 Å². The van der Waals surface area contributed by atoms with Crippen molar-refractivity contribution in [1.82, 2.24) is 0 Å². The Morgan fingerprint density at radius 2 is 1.77 bits per heavy atom. The van der Waals surface area contributed by atoms with Gasteiger partial charge in [0.1, 0.15) is 0 Å². The molecular formula is C19H32O3. The van der Waals surface area contributed by atoms with E-state index in [4.69, 9.17) is 9.47 Å². The first-order valence-corrected chi connectivity index (χ1v) is 8.27. The third kappa shape index (κ3) is 6.27. The Morgan fingerprint density at radius 1 is 1.14 bits per heavy atom. The Kier molecular flexibility index (Phi) is 6.73. The number of hydrogen-bond donors (Lipinski definition) is 1. The van der Waals surface area contributed by atoms with Crippen molar-refractivity contribution in [2.75, 3.05) is 0 Å². The summed E-state index contributed by atoms with van der Waals surface area (Å²) in [5.74, 6) is 1.10. The standard InChI is InChI=1S/C19H32O3/c1-8-14(4)15-9-10-17(16(20)11-15)22-18(21-13(2)3)12-19(5,6)7/h9-11,13-14,18,20H,8,12H2,1-7H3. The van der Waals surface area contributed by atoms with E-state index in [0.29, 0.717) is 11.7 Å². The van der Waals surface area contributed by atoms with Crippen LogP contribution in [0.5, 0.6) is 11.5 Å². The van der Waals surface area contributed by atoms with E-state index in [1.807, 2.05) is 26.0 Å².